The molecule has 8 heteroatoms. The summed E-state index contributed by atoms with van der Waals surface area (Å²) in [5.74, 6) is 0. The number of halogens is 6. The summed E-state index contributed by atoms with van der Waals surface area (Å²) in [6.45, 7) is -2.54. The van der Waals surface area contributed by atoms with Gasteiger partial charge in [-0.3, -0.25) is 0 Å². The highest BCUT2D eigenvalue weighted by atomic mass is 19.4. The van der Waals surface area contributed by atoms with Crippen molar-refractivity contribution in [2.45, 2.75) is 18.0 Å². The van der Waals surface area contributed by atoms with Gasteiger partial charge in [-0.05, 0) is 0 Å². The Morgan fingerprint density at radius 3 is 1.54 bits per heavy atom. The van der Waals surface area contributed by atoms with E-state index in [1.54, 1.807) is 0 Å². The maximum Gasteiger partial charge on any atom is 0.428 e. The molecule has 0 atom stereocenters. The zero-order chi connectivity index (χ0) is 10.3. The second-order valence-corrected chi connectivity index (χ2v) is 2.43. The number of hydrogen-bond donors (Lipinski definition) is 0. The molecule has 1 aliphatic heterocycles. The van der Waals surface area contributed by atoms with Crippen molar-refractivity contribution in [3.05, 3.63) is 0 Å². The van der Waals surface area contributed by atoms with Crippen molar-refractivity contribution in [1.82, 2.24) is 0 Å². The molecule has 1 heterocycles. The summed E-state index contributed by atoms with van der Waals surface area (Å²) in [4.78, 5) is 0. The van der Waals surface area contributed by atoms with Gasteiger partial charge in [0.2, 0.25) is 0 Å². The van der Waals surface area contributed by atoms with E-state index in [4.69, 9.17) is 0 Å². The van der Waals surface area contributed by atoms with Crippen LogP contribution in [0.1, 0.15) is 0 Å². The van der Waals surface area contributed by atoms with Crippen LogP contribution in [0.2, 0.25) is 0 Å². The van der Waals surface area contributed by atoms with E-state index in [-0.39, 0.29) is 0 Å². The Labute approximate surface area is 68.4 Å². The topological polar surface area (TPSA) is 18.5 Å². The van der Waals surface area contributed by atoms with Crippen LogP contribution >= 0.6 is 0 Å². The average Bonchev–Trinajstić information content (AvgIpc) is 2.28. The number of alkyl halides is 6. The van der Waals surface area contributed by atoms with Gasteiger partial charge in [-0.15, -0.1) is 0 Å². The van der Waals surface area contributed by atoms with Crippen LogP contribution in [0.15, 0.2) is 0 Å². The Balaban J connectivity index is 3.02. The normalized spacial score (nSPS) is 23.5. The Hall–Kier alpha value is -0.500. The molecule has 0 saturated carbocycles. The van der Waals surface area contributed by atoms with E-state index in [0.717, 1.165) is 0 Å². The van der Waals surface area contributed by atoms with Crippen molar-refractivity contribution < 1.29 is 35.8 Å². The largest absolute Gasteiger partial charge is 0.428 e. The fourth-order valence-corrected chi connectivity index (χ4v) is 0.857. The first-order valence-corrected chi connectivity index (χ1v) is 3.06. The lowest BCUT2D eigenvalue weighted by molar-refractivity contribution is -0.363. The minimum atomic E-state index is -5.51. The van der Waals surface area contributed by atoms with E-state index >= 15 is 0 Å². The monoisotopic (exact) mass is 210 g/mol. The van der Waals surface area contributed by atoms with Crippen LogP contribution in [0.3, 0.4) is 0 Å². The van der Waals surface area contributed by atoms with Crippen LogP contribution in [0.4, 0.5) is 26.3 Å². The molecule has 0 aromatic heterocycles. The highest BCUT2D eigenvalue weighted by Gasteiger charge is 2.74. The van der Waals surface area contributed by atoms with E-state index in [1.807, 2.05) is 0 Å². The van der Waals surface area contributed by atoms with Crippen molar-refractivity contribution in [2.24, 2.45) is 0 Å². The summed E-state index contributed by atoms with van der Waals surface area (Å²) in [6, 6.07) is 0. The van der Waals surface area contributed by atoms with Crippen molar-refractivity contribution in [3.8, 4) is 0 Å². The van der Waals surface area contributed by atoms with Crippen LogP contribution in [-0.4, -0.2) is 31.4 Å². The van der Waals surface area contributed by atoms with E-state index < -0.39 is 31.4 Å². The molecule has 1 fully saturated rings. The molecule has 2 nitrogen and oxygen atoms in total. The molecule has 0 aromatic rings. The summed E-state index contributed by atoms with van der Waals surface area (Å²) < 4.78 is 79.5. The van der Waals surface area contributed by atoms with Gasteiger partial charge < -0.3 is 9.47 Å². The van der Waals surface area contributed by atoms with Gasteiger partial charge in [-0.25, -0.2) is 0 Å². The summed E-state index contributed by atoms with van der Waals surface area (Å²) in [5.41, 5.74) is -4.15. The fourth-order valence-electron chi connectivity index (χ4n) is 0.857. The third-order valence-corrected chi connectivity index (χ3v) is 1.61. The van der Waals surface area contributed by atoms with Gasteiger partial charge in [-0.1, -0.05) is 0 Å². The van der Waals surface area contributed by atoms with Crippen molar-refractivity contribution in [2.75, 3.05) is 13.4 Å². The summed E-state index contributed by atoms with van der Waals surface area (Å²) in [6.07, 6.45) is -11.0. The third-order valence-electron chi connectivity index (χ3n) is 1.61. The second kappa shape index (κ2) is 2.74. The molecule has 0 unspecified atom stereocenters. The average molecular weight is 210 g/mol. The van der Waals surface area contributed by atoms with Gasteiger partial charge in [0.05, 0.1) is 6.61 Å². The molecule has 1 aliphatic rings. The van der Waals surface area contributed by atoms with Gasteiger partial charge >= 0.3 is 12.4 Å². The minimum Gasteiger partial charge on any atom is -0.352 e. The lowest BCUT2D eigenvalue weighted by Gasteiger charge is -2.30. The second-order valence-electron chi connectivity index (χ2n) is 2.43. The zero-order valence-electron chi connectivity index (χ0n) is 6.00. The van der Waals surface area contributed by atoms with Crippen molar-refractivity contribution in [3.63, 3.8) is 0 Å². The highest BCUT2D eigenvalue weighted by molar-refractivity contribution is 4.97. The molecule has 0 N–H and O–H groups in total. The van der Waals surface area contributed by atoms with Crippen LogP contribution in [0, 0.1) is 0 Å². The molecule has 0 bridgehead atoms. The molecule has 0 amide bonds. The molecular weight excluding hydrogens is 206 g/mol. The zero-order valence-corrected chi connectivity index (χ0v) is 6.00. The number of ether oxygens (including phenoxy) is 2. The molecule has 78 valence electrons. The molecular formula is C5H4F6O2. The Morgan fingerprint density at radius 1 is 0.923 bits per heavy atom. The van der Waals surface area contributed by atoms with Crippen molar-refractivity contribution >= 4 is 0 Å². The standard InChI is InChI=1S/C5H4F6O2/c6-4(7,8)3(5(9,10)11)1-12-2-13-3/h1-2H2. The van der Waals surface area contributed by atoms with Gasteiger partial charge in [-0.2, -0.15) is 26.3 Å². The molecule has 1 saturated heterocycles. The van der Waals surface area contributed by atoms with Crippen LogP contribution < -0.4 is 0 Å². The predicted molar refractivity (Wildman–Crippen MR) is 26.7 cm³/mol. The van der Waals surface area contributed by atoms with Crippen LogP contribution in [0.25, 0.3) is 0 Å². The Kier molecular flexibility index (Phi) is 2.23. The van der Waals surface area contributed by atoms with E-state index in [9.17, 15) is 26.3 Å². The van der Waals surface area contributed by atoms with Gasteiger partial charge in [0, 0.05) is 0 Å². The first-order chi connectivity index (χ1) is 5.71. The summed E-state index contributed by atoms with van der Waals surface area (Å²) >= 11 is 0. The minimum absolute atomic E-state index is 1.00. The van der Waals surface area contributed by atoms with Crippen LogP contribution in [-0.2, 0) is 9.47 Å². The lowest BCUT2D eigenvalue weighted by Crippen LogP contribution is -2.58. The molecule has 0 radical (unpaired) electrons. The first kappa shape index (κ1) is 10.6. The maximum absolute atomic E-state index is 12.0. The predicted octanol–water partition coefficient (Wildman–Crippen LogP) is 1.85. The van der Waals surface area contributed by atoms with Crippen LogP contribution in [0.5, 0.6) is 0 Å². The third kappa shape index (κ3) is 1.48. The fraction of sp³-hybridized carbons (Fsp3) is 1.00. The molecule has 0 aromatic carbocycles. The first-order valence-electron chi connectivity index (χ1n) is 3.06. The van der Waals surface area contributed by atoms with E-state index in [1.165, 1.54) is 0 Å². The number of hydrogen-bond acceptors (Lipinski definition) is 2. The van der Waals surface area contributed by atoms with Gasteiger partial charge in [0.15, 0.2) is 0 Å². The quantitative estimate of drug-likeness (QED) is 0.568. The molecule has 0 aliphatic carbocycles. The SMILES string of the molecule is FC(F)(F)C1(C(F)(F)F)COCO1. The highest BCUT2D eigenvalue weighted by Crippen LogP contribution is 2.47. The number of rotatable bonds is 0. The smallest absolute Gasteiger partial charge is 0.352 e. The van der Waals surface area contributed by atoms with Gasteiger partial charge in [0.25, 0.3) is 5.60 Å². The molecule has 13 heavy (non-hydrogen) atoms. The van der Waals surface area contributed by atoms with Gasteiger partial charge in [0.1, 0.15) is 6.79 Å². The van der Waals surface area contributed by atoms with E-state index in [2.05, 4.69) is 9.47 Å². The summed E-state index contributed by atoms with van der Waals surface area (Å²) in [5, 5.41) is 0. The Bertz CT molecular complexity index is 172. The molecule has 0 spiro atoms. The lowest BCUT2D eigenvalue weighted by atomic mass is 10.1. The maximum atomic E-state index is 12.0. The molecule has 1 rings (SSSR count). The summed E-state index contributed by atoms with van der Waals surface area (Å²) in [7, 11) is 0. The Morgan fingerprint density at radius 2 is 1.38 bits per heavy atom. The van der Waals surface area contributed by atoms with Crippen molar-refractivity contribution in [1.29, 1.82) is 0 Å². The van der Waals surface area contributed by atoms with E-state index in [0.29, 0.717) is 0 Å².